The normalized spacial score (nSPS) is 12.7. The molecule has 3 aromatic carbocycles. The molecule has 0 radical (unpaired) electrons. The summed E-state index contributed by atoms with van der Waals surface area (Å²) >= 11 is 0. The van der Waals surface area contributed by atoms with Crippen molar-refractivity contribution >= 4 is 55.8 Å². The summed E-state index contributed by atoms with van der Waals surface area (Å²) in [5.74, 6) is -2.19. The van der Waals surface area contributed by atoms with Gasteiger partial charge in [-0.25, -0.2) is 18.2 Å². The van der Waals surface area contributed by atoms with Crippen LogP contribution in [0.1, 0.15) is 43.5 Å². The molecular formula is C32H33F2N5O8S. The molecule has 2 atom stereocenters. The second-order valence-corrected chi connectivity index (χ2v) is 13.3. The highest BCUT2D eigenvalue weighted by atomic mass is 32.2. The number of benzene rings is 3. The zero-order valence-corrected chi connectivity index (χ0v) is 26.8. The number of nitrogen functional groups attached to an aromatic ring is 1. The van der Waals surface area contributed by atoms with Crippen LogP contribution in [-0.4, -0.2) is 55.4 Å². The summed E-state index contributed by atoms with van der Waals surface area (Å²) in [5, 5.41) is 18.3. The van der Waals surface area contributed by atoms with Gasteiger partial charge >= 0.3 is 18.7 Å². The van der Waals surface area contributed by atoms with Gasteiger partial charge in [0, 0.05) is 23.0 Å². The van der Waals surface area contributed by atoms with Crippen LogP contribution in [0.2, 0.25) is 0 Å². The molecule has 0 aliphatic rings. The fourth-order valence-electron chi connectivity index (χ4n) is 4.88. The molecule has 0 unspecified atom stereocenters. The zero-order chi connectivity index (χ0) is 35.2. The maximum Gasteiger partial charge on any atom is 0.411 e. The molecule has 16 heteroatoms. The second-order valence-electron chi connectivity index (χ2n) is 10.8. The van der Waals surface area contributed by atoms with E-state index >= 15 is 0 Å². The average Bonchev–Trinajstić information content (AvgIpc) is 3.02. The third-order valence-electron chi connectivity index (χ3n) is 7.22. The topological polar surface area (TPSA) is 199 Å². The number of amides is 2. The Morgan fingerprint density at radius 1 is 1.00 bits per heavy atom. The lowest BCUT2D eigenvalue weighted by Crippen LogP contribution is -2.37. The standard InChI is InChI=1S/C32H33F2N5O8S/c1-17(2)48(44,45)26-10-8-21(38-32(43)46-3)15-24(26)25(16-27(40)41)39-30(42)28(19-5-4-6-22(14-19)47-31(33)34)37-20-7-9-23-18(13-20)11-12-36-29(23)35/h4-15,17,25,28,31,37H,16H2,1-3H3,(H2,35,36)(H,38,43)(H,39,42)(H,40,41)/t25-,28-/m1/s1. The summed E-state index contributed by atoms with van der Waals surface area (Å²) in [5.41, 5.74) is 6.48. The highest BCUT2D eigenvalue weighted by Crippen LogP contribution is 2.33. The van der Waals surface area contributed by atoms with E-state index in [2.05, 4.69) is 30.4 Å². The predicted molar refractivity (Wildman–Crippen MR) is 174 cm³/mol. The van der Waals surface area contributed by atoms with Crippen molar-refractivity contribution in [2.24, 2.45) is 0 Å². The first-order chi connectivity index (χ1) is 22.7. The number of nitrogens with zero attached hydrogens (tertiary/aromatic N) is 1. The number of nitrogens with one attached hydrogen (secondary N) is 3. The maximum absolute atomic E-state index is 14.1. The van der Waals surface area contributed by atoms with Crippen LogP contribution in [0.25, 0.3) is 10.8 Å². The Kier molecular flexibility index (Phi) is 11.0. The molecule has 0 aliphatic heterocycles. The van der Waals surface area contributed by atoms with E-state index in [-0.39, 0.29) is 33.3 Å². The van der Waals surface area contributed by atoms with Crippen molar-refractivity contribution in [2.45, 2.75) is 49.1 Å². The summed E-state index contributed by atoms with van der Waals surface area (Å²) in [6.07, 6.45) is -0.140. The average molecular weight is 686 g/mol. The lowest BCUT2D eigenvalue weighted by Gasteiger charge is -2.26. The number of aliphatic carboxylic acids is 1. The fraction of sp³-hybridized carbons (Fsp3) is 0.250. The van der Waals surface area contributed by atoms with Gasteiger partial charge in [0.15, 0.2) is 9.84 Å². The Hall–Kier alpha value is -5.51. The van der Waals surface area contributed by atoms with Crippen molar-refractivity contribution in [3.05, 3.63) is 84.1 Å². The quantitative estimate of drug-likeness (QED) is 0.123. The maximum atomic E-state index is 14.1. The second kappa shape index (κ2) is 14.9. The van der Waals surface area contributed by atoms with Gasteiger partial charge in [-0.3, -0.25) is 14.9 Å². The molecule has 4 rings (SSSR count). The molecular weight excluding hydrogens is 652 g/mol. The van der Waals surface area contributed by atoms with Gasteiger partial charge in [0.25, 0.3) is 0 Å². The number of carboxylic acid groups (broad SMARTS) is 1. The number of carboxylic acids is 1. The first kappa shape index (κ1) is 35.3. The highest BCUT2D eigenvalue weighted by molar-refractivity contribution is 7.92. The minimum atomic E-state index is -4.04. The van der Waals surface area contributed by atoms with Crippen LogP contribution < -0.4 is 26.4 Å². The smallest absolute Gasteiger partial charge is 0.411 e. The molecule has 48 heavy (non-hydrogen) atoms. The van der Waals surface area contributed by atoms with E-state index in [1.807, 2.05) is 0 Å². The number of aromatic nitrogens is 1. The summed E-state index contributed by atoms with van der Waals surface area (Å²) in [6, 6.07) is 12.9. The molecule has 0 aliphatic carbocycles. The number of pyridine rings is 1. The number of fused-ring (bicyclic) bond motifs is 1. The first-order valence-electron chi connectivity index (χ1n) is 14.4. The Bertz CT molecular complexity index is 1940. The Labute approximate surface area is 274 Å². The number of halogens is 2. The summed E-state index contributed by atoms with van der Waals surface area (Å²) < 4.78 is 62.1. The van der Waals surface area contributed by atoms with Crippen LogP contribution in [-0.2, 0) is 24.2 Å². The largest absolute Gasteiger partial charge is 0.481 e. The van der Waals surface area contributed by atoms with Crippen molar-refractivity contribution in [3.8, 4) is 5.75 Å². The van der Waals surface area contributed by atoms with E-state index in [1.54, 1.807) is 24.3 Å². The molecule has 254 valence electrons. The molecule has 1 aromatic heterocycles. The molecule has 0 saturated carbocycles. The first-order valence-corrected chi connectivity index (χ1v) is 15.9. The Morgan fingerprint density at radius 2 is 1.73 bits per heavy atom. The SMILES string of the molecule is COC(=O)Nc1ccc(S(=O)(=O)C(C)C)c([C@@H](CC(=O)O)NC(=O)[C@H](Nc2ccc3c(N)nccc3c2)c2cccc(OC(F)F)c2)c1. The predicted octanol–water partition coefficient (Wildman–Crippen LogP) is 5.26. The zero-order valence-electron chi connectivity index (χ0n) is 25.9. The molecule has 6 N–H and O–H groups in total. The molecule has 1 heterocycles. The summed E-state index contributed by atoms with van der Waals surface area (Å²) in [7, 11) is -2.92. The molecule has 0 bridgehead atoms. The van der Waals surface area contributed by atoms with E-state index < -0.39 is 58.2 Å². The minimum Gasteiger partial charge on any atom is -0.481 e. The van der Waals surface area contributed by atoms with E-state index in [9.17, 15) is 36.7 Å². The van der Waals surface area contributed by atoms with E-state index in [0.29, 0.717) is 16.5 Å². The van der Waals surface area contributed by atoms with Gasteiger partial charge < -0.3 is 30.9 Å². The van der Waals surface area contributed by atoms with Gasteiger partial charge in [0.05, 0.1) is 29.7 Å². The molecule has 2 amide bonds. The number of hydrogen-bond acceptors (Lipinski definition) is 10. The van der Waals surface area contributed by atoms with Crippen LogP contribution in [0.5, 0.6) is 5.75 Å². The van der Waals surface area contributed by atoms with Crippen molar-refractivity contribution in [2.75, 3.05) is 23.5 Å². The highest BCUT2D eigenvalue weighted by Gasteiger charge is 2.31. The Morgan fingerprint density at radius 3 is 2.40 bits per heavy atom. The van der Waals surface area contributed by atoms with Crippen molar-refractivity contribution < 1.29 is 46.2 Å². The third-order valence-corrected chi connectivity index (χ3v) is 9.45. The van der Waals surface area contributed by atoms with E-state index in [0.717, 1.165) is 7.11 Å². The molecule has 0 fully saturated rings. The fourth-order valence-corrected chi connectivity index (χ4v) is 6.17. The molecule has 0 spiro atoms. The minimum absolute atomic E-state index is 0.0700. The lowest BCUT2D eigenvalue weighted by atomic mass is 10.00. The molecule has 0 saturated heterocycles. The van der Waals surface area contributed by atoms with Crippen molar-refractivity contribution in [1.82, 2.24) is 10.3 Å². The van der Waals surface area contributed by atoms with Crippen molar-refractivity contribution in [1.29, 1.82) is 0 Å². The third kappa shape index (κ3) is 8.44. The number of anilines is 3. The Balaban J connectivity index is 1.82. The van der Waals surface area contributed by atoms with Crippen LogP contribution in [0, 0.1) is 0 Å². The summed E-state index contributed by atoms with van der Waals surface area (Å²) in [6.45, 7) is -0.273. The number of ether oxygens (including phenoxy) is 2. The number of nitrogens with two attached hydrogens (primary N) is 1. The van der Waals surface area contributed by atoms with Crippen LogP contribution in [0.3, 0.4) is 0 Å². The van der Waals surface area contributed by atoms with E-state index in [1.165, 1.54) is 62.5 Å². The van der Waals surface area contributed by atoms with Gasteiger partial charge in [-0.2, -0.15) is 8.78 Å². The van der Waals surface area contributed by atoms with Crippen LogP contribution in [0.15, 0.2) is 77.8 Å². The van der Waals surface area contributed by atoms with Gasteiger partial charge in [-0.15, -0.1) is 0 Å². The van der Waals surface area contributed by atoms with Gasteiger partial charge in [-0.05, 0) is 85.0 Å². The molecule has 4 aromatic rings. The monoisotopic (exact) mass is 685 g/mol. The van der Waals surface area contributed by atoms with E-state index in [4.69, 9.17) is 5.73 Å². The number of sulfone groups is 1. The number of methoxy groups -OCH3 is 1. The van der Waals surface area contributed by atoms with Crippen LogP contribution >= 0.6 is 0 Å². The number of carbonyl (C=O) groups is 3. The number of rotatable bonds is 13. The lowest BCUT2D eigenvalue weighted by molar-refractivity contribution is -0.137. The number of hydrogen-bond donors (Lipinski definition) is 5. The van der Waals surface area contributed by atoms with Gasteiger partial charge in [-0.1, -0.05) is 12.1 Å². The number of alkyl halides is 2. The van der Waals surface area contributed by atoms with Gasteiger partial charge in [0.1, 0.15) is 17.6 Å². The van der Waals surface area contributed by atoms with Crippen LogP contribution in [0.4, 0.5) is 30.8 Å². The van der Waals surface area contributed by atoms with Crippen molar-refractivity contribution in [3.63, 3.8) is 0 Å². The number of carbonyl (C=O) groups excluding carboxylic acids is 2. The van der Waals surface area contributed by atoms with Gasteiger partial charge in [0.2, 0.25) is 5.91 Å². The molecule has 13 nitrogen and oxygen atoms in total. The summed E-state index contributed by atoms with van der Waals surface area (Å²) in [4.78, 5) is 41.9.